The quantitative estimate of drug-likeness (QED) is 0.267. The van der Waals surface area contributed by atoms with Gasteiger partial charge in [-0.1, -0.05) is 6.58 Å². The lowest BCUT2D eigenvalue weighted by Gasteiger charge is -2.26. The van der Waals surface area contributed by atoms with E-state index < -0.39 is 0 Å². The Bertz CT molecular complexity index is 1580. The number of benzene rings is 2. The highest BCUT2D eigenvalue weighted by Crippen LogP contribution is 2.38. The number of amides is 2. The van der Waals surface area contributed by atoms with E-state index in [1.807, 2.05) is 62.2 Å². The molecule has 2 aromatic heterocycles. The minimum Gasteiger partial charge on any atom is -0.494 e. The fourth-order valence-corrected chi connectivity index (χ4v) is 4.30. The molecule has 2 heterocycles. The SMILES string of the molecule is C=CC(=O)Nc1cc(Nc2nccc(-n3ccc4cc(C(=O)N(C)C)ccc43)n2)c(OC)cc1N(C)CCN(C)C. The van der Waals surface area contributed by atoms with Crippen molar-refractivity contribution in [3.63, 3.8) is 0 Å². The molecule has 0 atom stereocenters. The second-order valence-electron chi connectivity index (χ2n) is 10.0. The number of ether oxygens (including phenoxy) is 1. The van der Waals surface area contributed by atoms with Crippen LogP contribution in [0.1, 0.15) is 10.4 Å². The Hall–Kier alpha value is -4.90. The van der Waals surface area contributed by atoms with E-state index in [2.05, 4.69) is 32.0 Å². The summed E-state index contributed by atoms with van der Waals surface area (Å²) in [7, 11) is 11.0. The number of aromatic nitrogens is 3. The molecule has 0 aliphatic heterocycles. The fraction of sp³-hybridized carbons (Fsp3) is 0.267. The zero-order chi connectivity index (χ0) is 29.7. The predicted molar refractivity (Wildman–Crippen MR) is 164 cm³/mol. The zero-order valence-electron chi connectivity index (χ0n) is 24.3. The summed E-state index contributed by atoms with van der Waals surface area (Å²) < 4.78 is 7.64. The Morgan fingerprint density at radius 1 is 1.02 bits per heavy atom. The molecule has 4 aromatic rings. The van der Waals surface area contributed by atoms with E-state index in [0.29, 0.717) is 34.5 Å². The molecular formula is C30H36N8O3. The largest absolute Gasteiger partial charge is 0.494 e. The number of rotatable bonds is 11. The summed E-state index contributed by atoms with van der Waals surface area (Å²) in [4.78, 5) is 39.5. The summed E-state index contributed by atoms with van der Waals surface area (Å²) >= 11 is 0. The molecule has 2 amide bonds. The lowest BCUT2D eigenvalue weighted by Crippen LogP contribution is -2.29. The van der Waals surface area contributed by atoms with Crippen LogP contribution in [-0.4, -0.2) is 91.6 Å². The first kappa shape index (κ1) is 29.1. The van der Waals surface area contributed by atoms with Gasteiger partial charge in [-0.2, -0.15) is 4.98 Å². The summed E-state index contributed by atoms with van der Waals surface area (Å²) in [5.41, 5.74) is 3.49. The van der Waals surface area contributed by atoms with Gasteiger partial charge in [-0.05, 0) is 56.6 Å². The van der Waals surface area contributed by atoms with Crippen LogP contribution in [0.3, 0.4) is 0 Å². The lowest BCUT2D eigenvalue weighted by molar-refractivity contribution is -0.111. The molecule has 0 saturated heterocycles. The number of anilines is 4. The first-order chi connectivity index (χ1) is 19.6. The molecule has 2 N–H and O–H groups in total. The zero-order valence-corrected chi connectivity index (χ0v) is 24.3. The van der Waals surface area contributed by atoms with Gasteiger partial charge in [-0.3, -0.25) is 9.59 Å². The van der Waals surface area contributed by atoms with E-state index in [4.69, 9.17) is 9.72 Å². The molecular weight excluding hydrogens is 520 g/mol. The number of nitrogens with zero attached hydrogens (tertiary/aromatic N) is 6. The van der Waals surface area contributed by atoms with Crippen LogP contribution in [0, 0.1) is 0 Å². The van der Waals surface area contributed by atoms with Gasteiger partial charge in [0.05, 0.1) is 29.7 Å². The summed E-state index contributed by atoms with van der Waals surface area (Å²) in [6.45, 7) is 5.14. The molecule has 11 nitrogen and oxygen atoms in total. The second kappa shape index (κ2) is 12.5. The highest BCUT2D eigenvalue weighted by Gasteiger charge is 2.17. The van der Waals surface area contributed by atoms with Crippen molar-refractivity contribution in [3.05, 3.63) is 73.1 Å². The average Bonchev–Trinajstić information content (AvgIpc) is 3.39. The molecule has 4 rings (SSSR count). The van der Waals surface area contributed by atoms with Crippen LogP contribution >= 0.6 is 0 Å². The molecule has 2 aromatic carbocycles. The summed E-state index contributed by atoms with van der Waals surface area (Å²) in [6, 6.07) is 13.0. The molecule has 0 radical (unpaired) electrons. The molecule has 0 unspecified atom stereocenters. The van der Waals surface area contributed by atoms with Gasteiger partial charge in [0.2, 0.25) is 11.9 Å². The Balaban J connectivity index is 1.68. The van der Waals surface area contributed by atoms with Crippen molar-refractivity contribution in [2.75, 3.05) is 71.0 Å². The van der Waals surface area contributed by atoms with Crippen molar-refractivity contribution in [2.45, 2.75) is 0 Å². The fourth-order valence-electron chi connectivity index (χ4n) is 4.30. The van der Waals surface area contributed by atoms with Gasteiger partial charge in [-0.15, -0.1) is 0 Å². The summed E-state index contributed by atoms with van der Waals surface area (Å²) in [5.74, 6) is 1.17. The van der Waals surface area contributed by atoms with Gasteiger partial charge in [0.15, 0.2) is 0 Å². The second-order valence-corrected chi connectivity index (χ2v) is 10.0. The van der Waals surface area contributed by atoms with Gasteiger partial charge in [0, 0.05) is 63.6 Å². The van der Waals surface area contributed by atoms with Gasteiger partial charge in [0.1, 0.15) is 11.6 Å². The van der Waals surface area contributed by atoms with Crippen LogP contribution in [0.5, 0.6) is 5.75 Å². The number of fused-ring (bicyclic) bond motifs is 1. The maximum absolute atomic E-state index is 12.4. The minimum absolute atomic E-state index is 0.0549. The first-order valence-corrected chi connectivity index (χ1v) is 13.1. The molecule has 11 heteroatoms. The Labute approximate surface area is 240 Å². The van der Waals surface area contributed by atoms with E-state index >= 15 is 0 Å². The van der Waals surface area contributed by atoms with Gasteiger partial charge in [-0.25, -0.2) is 4.98 Å². The Kier molecular flexibility index (Phi) is 8.88. The number of carbonyl (C=O) groups is 2. The summed E-state index contributed by atoms with van der Waals surface area (Å²) in [5, 5.41) is 7.06. The number of hydrogen-bond acceptors (Lipinski definition) is 8. The predicted octanol–water partition coefficient (Wildman–Crippen LogP) is 4.00. The van der Waals surface area contributed by atoms with Crippen LogP contribution in [0.2, 0.25) is 0 Å². The van der Waals surface area contributed by atoms with E-state index in [0.717, 1.165) is 29.7 Å². The van der Waals surface area contributed by atoms with Crippen LogP contribution in [-0.2, 0) is 4.79 Å². The Morgan fingerprint density at radius 3 is 2.49 bits per heavy atom. The van der Waals surface area contributed by atoms with E-state index in [1.54, 1.807) is 44.4 Å². The molecule has 41 heavy (non-hydrogen) atoms. The highest BCUT2D eigenvalue weighted by molar-refractivity contribution is 6.02. The van der Waals surface area contributed by atoms with Crippen LogP contribution in [0.15, 0.2) is 67.5 Å². The van der Waals surface area contributed by atoms with Gasteiger partial charge in [0.25, 0.3) is 5.91 Å². The molecule has 0 aliphatic rings. The third-order valence-corrected chi connectivity index (χ3v) is 6.53. The normalized spacial score (nSPS) is 10.9. The maximum Gasteiger partial charge on any atom is 0.253 e. The highest BCUT2D eigenvalue weighted by atomic mass is 16.5. The van der Waals surface area contributed by atoms with Gasteiger partial charge < -0.3 is 34.6 Å². The van der Waals surface area contributed by atoms with Crippen molar-refractivity contribution < 1.29 is 14.3 Å². The molecule has 0 spiro atoms. The number of methoxy groups -OCH3 is 1. The van der Waals surface area contributed by atoms with Crippen molar-refractivity contribution in [1.29, 1.82) is 0 Å². The number of carbonyl (C=O) groups excluding carboxylic acids is 2. The number of hydrogen-bond donors (Lipinski definition) is 2. The van der Waals surface area contributed by atoms with Crippen LogP contribution in [0.25, 0.3) is 16.7 Å². The lowest BCUT2D eigenvalue weighted by atomic mass is 10.1. The average molecular weight is 557 g/mol. The third-order valence-electron chi connectivity index (χ3n) is 6.53. The summed E-state index contributed by atoms with van der Waals surface area (Å²) in [6.07, 6.45) is 4.80. The van der Waals surface area contributed by atoms with E-state index in [-0.39, 0.29) is 11.8 Å². The molecule has 0 fully saturated rings. The monoisotopic (exact) mass is 556 g/mol. The van der Waals surface area contributed by atoms with E-state index in [1.165, 1.54) is 6.08 Å². The van der Waals surface area contributed by atoms with Crippen molar-refractivity contribution in [3.8, 4) is 11.6 Å². The third kappa shape index (κ3) is 6.64. The molecule has 0 saturated carbocycles. The van der Waals surface area contributed by atoms with Crippen LogP contribution < -0.4 is 20.3 Å². The molecule has 0 bridgehead atoms. The smallest absolute Gasteiger partial charge is 0.253 e. The maximum atomic E-state index is 12.4. The van der Waals surface area contributed by atoms with Crippen molar-refractivity contribution >= 4 is 45.7 Å². The topological polar surface area (TPSA) is 108 Å². The first-order valence-electron chi connectivity index (χ1n) is 13.1. The molecule has 0 aliphatic carbocycles. The van der Waals surface area contributed by atoms with Gasteiger partial charge >= 0.3 is 0 Å². The van der Waals surface area contributed by atoms with Crippen molar-refractivity contribution in [2.24, 2.45) is 0 Å². The van der Waals surface area contributed by atoms with E-state index in [9.17, 15) is 9.59 Å². The molecule has 214 valence electrons. The number of likely N-dealkylation sites (N-methyl/N-ethyl adjacent to an activating group) is 2. The Morgan fingerprint density at radius 2 is 1.80 bits per heavy atom. The van der Waals surface area contributed by atoms with Crippen molar-refractivity contribution in [1.82, 2.24) is 24.3 Å². The van der Waals surface area contributed by atoms with Crippen LogP contribution in [0.4, 0.5) is 23.0 Å². The number of nitrogens with one attached hydrogen (secondary N) is 2. The minimum atomic E-state index is -0.323. The standard InChI is InChI=1S/C30H36N8O3/c1-8-28(39)32-22-18-23(26(41-7)19-25(22)37(6)16-15-35(2)3)33-30-31-13-11-27(34-30)38-14-12-20-17-21(9-10-24(20)38)29(40)36(4)5/h8-14,17-19H,1,15-16H2,2-7H3,(H,32,39)(H,31,33,34).